The van der Waals surface area contributed by atoms with Crippen LogP contribution < -0.4 is 4.74 Å². The van der Waals surface area contributed by atoms with Crippen molar-refractivity contribution in [2.45, 2.75) is 29.7 Å². The molecule has 0 amide bonds. The number of benzene rings is 1. The van der Waals surface area contributed by atoms with Crippen LogP contribution in [0.25, 0.3) is 0 Å². The number of rotatable bonds is 5. The van der Waals surface area contributed by atoms with E-state index in [9.17, 15) is 8.42 Å². The fourth-order valence-electron chi connectivity index (χ4n) is 2.48. The van der Waals surface area contributed by atoms with Crippen LogP contribution in [-0.4, -0.2) is 46.1 Å². The van der Waals surface area contributed by atoms with Crippen molar-refractivity contribution in [3.8, 4) is 5.75 Å². The largest absolute Gasteiger partial charge is 0.496 e. The number of halogens is 1. The molecule has 0 aromatic heterocycles. The molecule has 0 unspecified atom stereocenters. The summed E-state index contributed by atoms with van der Waals surface area (Å²) in [5, 5.41) is 0. The van der Waals surface area contributed by atoms with Crippen LogP contribution in [0.3, 0.4) is 0 Å². The standard InChI is InChI=1S/C14H20ClNO4S/c1-19-12-5-7-16(8-6-12)21(17,18)13-3-4-14(20-2)11(9-13)10-15/h3-4,9,12H,5-8,10H2,1-2H3. The highest BCUT2D eigenvalue weighted by Gasteiger charge is 2.29. The van der Waals surface area contributed by atoms with Gasteiger partial charge in [-0.2, -0.15) is 4.31 Å². The van der Waals surface area contributed by atoms with E-state index in [0.29, 0.717) is 37.2 Å². The van der Waals surface area contributed by atoms with Gasteiger partial charge < -0.3 is 9.47 Å². The Balaban J connectivity index is 2.24. The molecule has 21 heavy (non-hydrogen) atoms. The summed E-state index contributed by atoms with van der Waals surface area (Å²) in [4.78, 5) is 0.259. The Morgan fingerprint density at radius 3 is 2.48 bits per heavy atom. The van der Waals surface area contributed by atoms with Gasteiger partial charge in [-0.25, -0.2) is 8.42 Å². The summed E-state index contributed by atoms with van der Waals surface area (Å²) in [5.41, 5.74) is 0.673. The molecule has 1 fully saturated rings. The van der Waals surface area contributed by atoms with Gasteiger partial charge >= 0.3 is 0 Å². The average Bonchev–Trinajstić information content (AvgIpc) is 2.54. The summed E-state index contributed by atoms with van der Waals surface area (Å²) in [5.74, 6) is 0.806. The molecule has 2 rings (SSSR count). The van der Waals surface area contributed by atoms with Crippen LogP contribution in [0.5, 0.6) is 5.75 Å². The van der Waals surface area contributed by atoms with Crippen molar-refractivity contribution in [1.82, 2.24) is 4.31 Å². The lowest BCUT2D eigenvalue weighted by atomic mass is 10.1. The Bertz CT molecular complexity index is 583. The molecule has 5 nitrogen and oxygen atoms in total. The molecule has 1 aliphatic rings. The number of methoxy groups -OCH3 is 2. The van der Waals surface area contributed by atoms with Crippen LogP contribution in [0, 0.1) is 0 Å². The maximum absolute atomic E-state index is 12.7. The normalized spacial score (nSPS) is 17.9. The maximum atomic E-state index is 12.7. The van der Waals surface area contributed by atoms with Gasteiger partial charge in [0, 0.05) is 25.8 Å². The second kappa shape index (κ2) is 6.96. The van der Waals surface area contributed by atoms with Crippen molar-refractivity contribution >= 4 is 21.6 Å². The Labute approximate surface area is 130 Å². The molecule has 0 N–H and O–H groups in total. The molecule has 0 saturated carbocycles. The van der Waals surface area contributed by atoms with Crippen LogP contribution >= 0.6 is 11.6 Å². The Hall–Kier alpha value is -0.820. The molecule has 0 atom stereocenters. The van der Waals surface area contributed by atoms with Crippen LogP contribution in [0.1, 0.15) is 18.4 Å². The van der Waals surface area contributed by atoms with Crippen molar-refractivity contribution in [1.29, 1.82) is 0 Å². The lowest BCUT2D eigenvalue weighted by Crippen LogP contribution is -2.40. The summed E-state index contributed by atoms with van der Waals surface area (Å²) >= 11 is 5.85. The molecule has 118 valence electrons. The van der Waals surface area contributed by atoms with E-state index in [1.165, 1.54) is 11.4 Å². The van der Waals surface area contributed by atoms with E-state index in [-0.39, 0.29) is 16.9 Å². The predicted molar refractivity (Wildman–Crippen MR) is 81.3 cm³/mol. The second-order valence-electron chi connectivity index (χ2n) is 4.95. The third kappa shape index (κ3) is 3.51. The molecule has 7 heteroatoms. The van der Waals surface area contributed by atoms with E-state index in [1.807, 2.05) is 0 Å². The van der Waals surface area contributed by atoms with E-state index in [0.717, 1.165) is 0 Å². The predicted octanol–water partition coefficient (Wildman–Crippen LogP) is 2.23. The van der Waals surface area contributed by atoms with Crippen molar-refractivity contribution < 1.29 is 17.9 Å². The fraction of sp³-hybridized carbons (Fsp3) is 0.571. The summed E-state index contributed by atoms with van der Waals surface area (Å²) in [6.45, 7) is 0.951. The number of sulfonamides is 1. The molecule has 0 radical (unpaired) electrons. The molecule has 0 spiro atoms. The number of ether oxygens (including phenoxy) is 2. The quantitative estimate of drug-likeness (QED) is 0.775. The van der Waals surface area contributed by atoms with Gasteiger partial charge in [0.15, 0.2) is 0 Å². The molecule has 1 aromatic carbocycles. The highest BCUT2D eigenvalue weighted by Crippen LogP contribution is 2.27. The van der Waals surface area contributed by atoms with Crippen LogP contribution in [0.4, 0.5) is 0 Å². The zero-order valence-electron chi connectivity index (χ0n) is 12.2. The van der Waals surface area contributed by atoms with Crippen molar-refractivity contribution in [3.05, 3.63) is 23.8 Å². The summed E-state index contributed by atoms with van der Waals surface area (Å²) < 4.78 is 37.2. The van der Waals surface area contributed by atoms with E-state index < -0.39 is 10.0 Å². The lowest BCUT2D eigenvalue weighted by molar-refractivity contribution is 0.0604. The first kappa shape index (κ1) is 16.5. The van der Waals surface area contributed by atoms with E-state index in [4.69, 9.17) is 21.1 Å². The minimum atomic E-state index is -3.49. The van der Waals surface area contributed by atoms with E-state index >= 15 is 0 Å². The van der Waals surface area contributed by atoms with Gasteiger partial charge in [0.05, 0.1) is 24.0 Å². The molecule has 1 aromatic rings. The van der Waals surface area contributed by atoms with Gasteiger partial charge in [0.1, 0.15) is 5.75 Å². The lowest BCUT2D eigenvalue weighted by Gasteiger charge is -2.30. The average molecular weight is 334 g/mol. The molecule has 0 aliphatic carbocycles. The summed E-state index contributed by atoms with van der Waals surface area (Å²) in [6.07, 6.45) is 1.58. The Morgan fingerprint density at radius 2 is 1.95 bits per heavy atom. The number of hydrogen-bond donors (Lipinski definition) is 0. The number of hydrogen-bond acceptors (Lipinski definition) is 4. The van der Waals surface area contributed by atoms with Gasteiger partial charge in [-0.05, 0) is 31.0 Å². The zero-order valence-corrected chi connectivity index (χ0v) is 13.8. The third-order valence-corrected chi connectivity index (χ3v) is 5.95. The molecule has 1 saturated heterocycles. The highest BCUT2D eigenvalue weighted by atomic mass is 35.5. The summed E-state index contributed by atoms with van der Waals surface area (Å²) in [6, 6.07) is 4.79. The minimum Gasteiger partial charge on any atom is -0.496 e. The van der Waals surface area contributed by atoms with Crippen molar-refractivity contribution in [3.63, 3.8) is 0 Å². The first-order chi connectivity index (χ1) is 10.0. The maximum Gasteiger partial charge on any atom is 0.243 e. The van der Waals surface area contributed by atoms with Gasteiger partial charge in [0.2, 0.25) is 10.0 Å². The summed E-state index contributed by atoms with van der Waals surface area (Å²) in [7, 11) is -0.293. The highest BCUT2D eigenvalue weighted by molar-refractivity contribution is 7.89. The third-order valence-electron chi connectivity index (χ3n) is 3.77. The Kier molecular flexibility index (Phi) is 5.48. The Morgan fingerprint density at radius 1 is 1.29 bits per heavy atom. The van der Waals surface area contributed by atoms with Gasteiger partial charge in [-0.3, -0.25) is 0 Å². The first-order valence-electron chi connectivity index (χ1n) is 6.78. The first-order valence-corrected chi connectivity index (χ1v) is 8.76. The van der Waals surface area contributed by atoms with E-state index in [2.05, 4.69) is 0 Å². The zero-order chi connectivity index (χ0) is 15.5. The molecular weight excluding hydrogens is 314 g/mol. The van der Waals surface area contributed by atoms with Crippen LogP contribution in [0.2, 0.25) is 0 Å². The number of alkyl halides is 1. The van der Waals surface area contributed by atoms with Gasteiger partial charge in [0.25, 0.3) is 0 Å². The SMILES string of the molecule is COc1ccc(S(=O)(=O)N2CCC(OC)CC2)cc1CCl. The number of piperidine rings is 1. The number of nitrogens with zero attached hydrogens (tertiary/aromatic N) is 1. The topological polar surface area (TPSA) is 55.8 Å². The van der Waals surface area contributed by atoms with Crippen molar-refractivity contribution in [2.75, 3.05) is 27.3 Å². The fourth-order valence-corrected chi connectivity index (χ4v) is 4.21. The molecule has 0 bridgehead atoms. The second-order valence-corrected chi connectivity index (χ2v) is 7.15. The van der Waals surface area contributed by atoms with Crippen LogP contribution in [0.15, 0.2) is 23.1 Å². The van der Waals surface area contributed by atoms with E-state index in [1.54, 1.807) is 25.3 Å². The minimum absolute atomic E-state index is 0.144. The van der Waals surface area contributed by atoms with Crippen LogP contribution in [-0.2, 0) is 20.6 Å². The molecule has 1 heterocycles. The smallest absolute Gasteiger partial charge is 0.243 e. The van der Waals surface area contributed by atoms with Gasteiger partial charge in [-0.1, -0.05) is 0 Å². The van der Waals surface area contributed by atoms with Gasteiger partial charge in [-0.15, -0.1) is 11.6 Å². The molecule has 1 aliphatic heterocycles. The monoisotopic (exact) mass is 333 g/mol. The molecular formula is C14H20ClNO4S. The van der Waals surface area contributed by atoms with Crippen molar-refractivity contribution in [2.24, 2.45) is 0 Å².